The van der Waals surface area contributed by atoms with Crippen LogP contribution >= 0.6 is 0 Å². The number of hydrogen-bond acceptors (Lipinski definition) is 5. The van der Waals surface area contributed by atoms with Crippen molar-refractivity contribution < 1.29 is 9.21 Å². The van der Waals surface area contributed by atoms with Crippen molar-refractivity contribution >= 4 is 34.3 Å². The van der Waals surface area contributed by atoms with Crippen molar-refractivity contribution in [3.8, 4) is 11.1 Å². The Hall–Kier alpha value is -3.87. The van der Waals surface area contributed by atoms with Gasteiger partial charge in [-0.25, -0.2) is 14.8 Å². The third-order valence-electron chi connectivity index (χ3n) is 4.45. The van der Waals surface area contributed by atoms with Gasteiger partial charge in [0.15, 0.2) is 0 Å². The Bertz CT molecular complexity index is 1140. The number of furan rings is 1. The molecular formula is C21H19N5O2. The van der Waals surface area contributed by atoms with E-state index in [1.807, 2.05) is 48.5 Å². The average molecular weight is 373 g/mol. The van der Waals surface area contributed by atoms with E-state index in [-0.39, 0.29) is 6.03 Å². The minimum absolute atomic E-state index is 0.299. The van der Waals surface area contributed by atoms with Gasteiger partial charge in [0.25, 0.3) is 0 Å². The lowest BCUT2D eigenvalue weighted by molar-refractivity contribution is 0.262. The highest BCUT2D eigenvalue weighted by atomic mass is 16.3. The van der Waals surface area contributed by atoms with E-state index in [0.717, 1.165) is 28.8 Å². The molecule has 2 aromatic heterocycles. The largest absolute Gasteiger partial charge is 0.445 e. The molecule has 2 heterocycles. The molecule has 4 N–H and O–H groups in total. The Labute approximate surface area is 161 Å². The molecule has 0 saturated carbocycles. The van der Waals surface area contributed by atoms with Gasteiger partial charge in [-0.3, -0.25) is 0 Å². The van der Waals surface area contributed by atoms with E-state index in [0.29, 0.717) is 22.6 Å². The smallest absolute Gasteiger partial charge is 0.323 e. The van der Waals surface area contributed by atoms with Crippen LogP contribution in [0.3, 0.4) is 0 Å². The number of nitrogens with zero attached hydrogens (tertiary/aromatic N) is 2. The normalized spacial score (nSPS) is 10.8. The summed E-state index contributed by atoms with van der Waals surface area (Å²) in [5.41, 5.74) is 10.7. The van der Waals surface area contributed by atoms with Crippen LogP contribution in [0.15, 0.2) is 65.5 Å². The van der Waals surface area contributed by atoms with Gasteiger partial charge in [-0.1, -0.05) is 31.2 Å². The number of fused-ring (bicyclic) bond motifs is 1. The molecule has 0 spiro atoms. The van der Waals surface area contributed by atoms with E-state index in [1.165, 1.54) is 6.33 Å². The fourth-order valence-corrected chi connectivity index (χ4v) is 3.01. The van der Waals surface area contributed by atoms with Gasteiger partial charge in [0.05, 0.1) is 5.39 Å². The summed E-state index contributed by atoms with van der Waals surface area (Å²) in [5.74, 6) is 0.365. The molecule has 140 valence electrons. The number of nitrogens with two attached hydrogens (primary N) is 1. The number of nitrogens with one attached hydrogen (secondary N) is 2. The van der Waals surface area contributed by atoms with E-state index >= 15 is 0 Å². The van der Waals surface area contributed by atoms with Gasteiger partial charge in [0, 0.05) is 16.9 Å². The molecule has 2 aromatic carbocycles. The van der Waals surface area contributed by atoms with Crippen molar-refractivity contribution in [3.05, 3.63) is 66.7 Å². The SMILES string of the molecule is CCc1cccc(NC(=O)Nc2ccc(-c3coc4ncnc(N)c34)cc2)c1. The van der Waals surface area contributed by atoms with E-state index in [2.05, 4.69) is 27.5 Å². The first-order chi connectivity index (χ1) is 13.6. The zero-order valence-corrected chi connectivity index (χ0v) is 15.3. The van der Waals surface area contributed by atoms with Gasteiger partial charge in [0.2, 0.25) is 5.71 Å². The molecule has 4 aromatic rings. The van der Waals surface area contributed by atoms with Crippen LogP contribution in [-0.2, 0) is 6.42 Å². The lowest BCUT2D eigenvalue weighted by atomic mass is 10.1. The number of urea groups is 1. The molecule has 0 atom stereocenters. The molecule has 28 heavy (non-hydrogen) atoms. The molecule has 7 heteroatoms. The van der Waals surface area contributed by atoms with Crippen LogP contribution < -0.4 is 16.4 Å². The molecule has 0 aliphatic carbocycles. The Morgan fingerprint density at radius 3 is 2.64 bits per heavy atom. The number of benzene rings is 2. The average Bonchev–Trinajstić information content (AvgIpc) is 3.14. The van der Waals surface area contributed by atoms with Gasteiger partial charge in [-0.05, 0) is 41.8 Å². The first kappa shape index (κ1) is 17.5. The van der Waals surface area contributed by atoms with Gasteiger partial charge in [0.1, 0.15) is 18.4 Å². The first-order valence-electron chi connectivity index (χ1n) is 8.89. The number of nitrogen functional groups attached to an aromatic ring is 1. The van der Waals surface area contributed by atoms with Crippen molar-refractivity contribution in [1.29, 1.82) is 0 Å². The number of aryl methyl sites for hydroxylation is 1. The number of aromatic nitrogens is 2. The fraction of sp³-hybridized carbons (Fsp3) is 0.0952. The lowest BCUT2D eigenvalue weighted by Gasteiger charge is -2.09. The second-order valence-corrected chi connectivity index (χ2v) is 6.30. The van der Waals surface area contributed by atoms with Crippen LogP contribution in [0.25, 0.3) is 22.2 Å². The molecule has 0 aliphatic heterocycles. The number of carbonyl (C=O) groups excluding carboxylic acids is 1. The van der Waals surface area contributed by atoms with Crippen molar-refractivity contribution in [2.24, 2.45) is 0 Å². The molecule has 7 nitrogen and oxygen atoms in total. The van der Waals surface area contributed by atoms with E-state index in [9.17, 15) is 4.79 Å². The van der Waals surface area contributed by atoms with E-state index in [4.69, 9.17) is 10.2 Å². The number of carbonyl (C=O) groups is 1. The van der Waals surface area contributed by atoms with Gasteiger partial charge < -0.3 is 20.8 Å². The summed E-state index contributed by atoms with van der Waals surface area (Å²) >= 11 is 0. The van der Waals surface area contributed by atoms with Gasteiger partial charge in [-0.2, -0.15) is 0 Å². The summed E-state index contributed by atoms with van der Waals surface area (Å²) in [6, 6.07) is 14.9. The van der Waals surface area contributed by atoms with Crippen LogP contribution in [-0.4, -0.2) is 16.0 Å². The van der Waals surface area contributed by atoms with Crippen molar-refractivity contribution in [3.63, 3.8) is 0 Å². The Kier molecular flexibility index (Phi) is 4.63. The third kappa shape index (κ3) is 3.50. The number of rotatable bonds is 4. The molecule has 0 unspecified atom stereocenters. The van der Waals surface area contributed by atoms with Crippen LogP contribution in [0.5, 0.6) is 0 Å². The first-order valence-corrected chi connectivity index (χ1v) is 8.89. The Morgan fingerprint density at radius 1 is 1.07 bits per heavy atom. The molecule has 0 fully saturated rings. The highest BCUT2D eigenvalue weighted by molar-refractivity contribution is 6.01. The second-order valence-electron chi connectivity index (χ2n) is 6.30. The maximum absolute atomic E-state index is 12.2. The molecule has 4 rings (SSSR count). The zero-order chi connectivity index (χ0) is 19.5. The predicted octanol–water partition coefficient (Wildman–Crippen LogP) is 4.68. The maximum Gasteiger partial charge on any atom is 0.323 e. The molecule has 0 saturated heterocycles. The van der Waals surface area contributed by atoms with Crippen LogP contribution in [0, 0.1) is 0 Å². The fourth-order valence-electron chi connectivity index (χ4n) is 3.01. The van der Waals surface area contributed by atoms with E-state index in [1.54, 1.807) is 6.26 Å². The van der Waals surface area contributed by atoms with Crippen LogP contribution in [0.1, 0.15) is 12.5 Å². The number of hydrogen-bond donors (Lipinski definition) is 3. The van der Waals surface area contributed by atoms with Gasteiger partial charge in [-0.15, -0.1) is 0 Å². The van der Waals surface area contributed by atoms with Crippen LogP contribution in [0.4, 0.5) is 22.0 Å². The molecule has 0 bridgehead atoms. The maximum atomic E-state index is 12.2. The summed E-state index contributed by atoms with van der Waals surface area (Å²) in [5, 5.41) is 6.34. The summed E-state index contributed by atoms with van der Waals surface area (Å²) in [6.07, 6.45) is 3.88. The summed E-state index contributed by atoms with van der Waals surface area (Å²) in [7, 11) is 0. The topological polar surface area (TPSA) is 106 Å². The summed E-state index contributed by atoms with van der Waals surface area (Å²) in [4.78, 5) is 20.3. The van der Waals surface area contributed by atoms with Gasteiger partial charge >= 0.3 is 6.03 Å². The Balaban J connectivity index is 1.49. The molecular weight excluding hydrogens is 354 g/mol. The molecule has 0 radical (unpaired) electrons. The quantitative estimate of drug-likeness (QED) is 0.482. The monoisotopic (exact) mass is 373 g/mol. The van der Waals surface area contributed by atoms with Crippen molar-refractivity contribution in [2.75, 3.05) is 16.4 Å². The number of amides is 2. The standard InChI is InChI=1S/C21H19N5O2/c1-2-13-4-3-5-16(10-13)26-21(27)25-15-8-6-14(7-9-15)17-11-28-20-18(17)19(22)23-12-24-20/h3-12H,2H2,1H3,(H2,22,23,24)(H2,25,26,27). The zero-order valence-electron chi connectivity index (χ0n) is 15.3. The second kappa shape index (κ2) is 7.40. The third-order valence-corrected chi connectivity index (χ3v) is 4.45. The predicted molar refractivity (Wildman–Crippen MR) is 110 cm³/mol. The molecule has 0 aliphatic rings. The number of anilines is 3. The summed E-state index contributed by atoms with van der Waals surface area (Å²) < 4.78 is 5.45. The van der Waals surface area contributed by atoms with E-state index < -0.39 is 0 Å². The lowest BCUT2D eigenvalue weighted by Crippen LogP contribution is -2.19. The highest BCUT2D eigenvalue weighted by Gasteiger charge is 2.13. The minimum Gasteiger partial charge on any atom is -0.445 e. The Morgan fingerprint density at radius 2 is 1.86 bits per heavy atom. The van der Waals surface area contributed by atoms with Crippen molar-refractivity contribution in [1.82, 2.24) is 9.97 Å². The molecule has 2 amide bonds. The van der Waals surface area contributed by atoms with Crippen molar-refractivity contribution in [2.45, 2.75) is 13.3 Å². The summed E-state index contributed by atoms with van der Waals surface area (Å²) in [6.45, 7) is 2.07. The minimum atomic E-state index is -0.299. The van der Waals surface area contributed by atoms with Crippen LogP contribution in [0.2, 0.25) is 0 Å². The highest BCUT2D eigenvalue weighted by Crippen LogP contribution is 2.32.